The van der Waals surface area contributed by atoms with Crippen molar-refractivity contribution < 1.29 is 9.53 Å². The van der Waals surface area contributed by atoms with Gasteiger partial charge in [-0.2, -0.15) is 0 Å². The van der Waals surface area contributed by atoms with Gasteiger partial charge in [-0.3, -0.25) is 14.7 Å². The predicted octanol–water partition coefficient (Wildman–Crippen LogP) is 3.05. The van der Waals surface area contributed by atoms with Crippen LogP contribution in [0, 0.1) is 0 Å². The number of hydrogen-bond donors (Lipinski definition) is 1. The smallest absolute Gasteiger partial charge is 0.261 e. The number of ether oxygens (including phenoxy) is 1. The summed E-state index contributed by atoms with van der Waals surface area (Å²) in [4.78, 5) is 23.3. The fourth-order valence-electron chi connectivity index (χ4n) is 3.73. The second kappa shape index (κ2) is 5.54. The first-order chi connectivity index (χ1) is 12.2. The molecular formula is C19H19BrN4O2. The van der Waals surface area contributed by atoms with E-state index in [9.17, 15) is 4.79 Å². The normalized spacial score (nSPS) is 23.6. The van der Waals surface area contributed by atoms with Crippen LogP contribution in [-0.4, -0.2) is 34.4 Å². The van der Waals surface area contributed by atoms with E-state index in [1.807, 2.05) is 38.1 Å². The molecule has 0 radical (unpaired) electrons. The summed E-state index contributed by atoms with van der Waals surface area (Å²) in [6.45, 7) is 3.92. The molecule has 1 atom stereocenters. The molecular weight excluding hydrogens is 396 g/mol. The van der Waals surface area contributed by atoms with E-state index in [0.717, 1.165) is 21.2 Å². The van der Waals surface area contributed by atoms with E-state index in [4.69, 9.17) is 10.5 Å². The number of rotatable bonds is 1. The van der Waals surface area contributed by atoms with E-state index in [2.05, 4.69) is 25.9 Å². The minimum absolute atomic E-state index is 0.128. The highest BCUT2D eigenvalue weighted by Gasteiger charge is 2.55. The monoisotopic (exact) mass is 414 g/mol. The second-order valence-corrected chi connectivity index (χ2v) is 8.25. The molecule has 0 bridgehead atoms. The Balaban J connectivity index is 1.93. The number of likely N-dealkylation sites (N-methyl/N-ethyl adjacent to an activating group) is 1. The number of benzene rings is 1. The molecule has 2 aliphatic rings. The fraction of sp³-hybridized carbons (Fsp3) is 0.316. The van der Waals surface area contributed by atoms with E-state index in [1.165, 1.54) is 4.90 Å². The summed E-state index contributed by atoms with van der Waals surface area (Å²) in [5.41, 5.74) is 7.03. The lowest BCUT2D eigenvalue weighted by molar-refractivity contribution is -0.133. The van der Waals surface area contributed by atoms with Crippen molar-refractivity contribution in [2.75, 3.05) is 7.05 Å². The molecule has 26 heavy (non-hydrogen) atoms. The van der Waals surface area contributed by atoms with Gasteiger partial charge in [-0.15, -0.1) is 0 Å². The Hall–Kier alpha value is -2.41. The van der Waals surface area contributed by atoms with Gasteiger partial charge in [0.25, 0.3) is 5.91 Å². The third-order valence-electron chi connectivity index (χ3n) is 4.84. The Morgan fingerprint density at radius 1 is 1.23 bits per heavy atom. The molecule has 3 heterocycles. The second-order valence-electron chi connectivity index (χ2n) is 7.34. The number of carbonyl (C=O) groups excluding carboxylic acids is 1. The molecule has 7 heteroatoms. The Bertz CT molecular complexity index is 956. The molecule has 0 saturated carbocycles. The summed E-state index contributed by atoms with van der Waals surface area (Å²) in [7, 11) is 1.65. The molecule has 1 amide bonds. The van der Waals surface area contributed by atoms with Crippen molar-refractivity contribution >= 4 is 27.8 Å². The first-order valence-corrected chi connectivity index (χ1v) is 9.09. The van der Waals surface area contributed by atoms with Crippen LogP contribution in [0.4, 0.5) is 0 Å². The minimum Gasteiger partial charge on any atom is -0.487 e. The zero-order valence-electron chi connectivity index (χ0n) is 14.8. The van der Waals surface area contributed by atoms with E-state index in [0.29, 0.717) is 12.2 Å². The van der Waals surface area contributed by atoms with Crippen molar-refractivity contribution in [1.29, 1.82) is 0 Å². The van der Waals surface area contributed by atoms with Gasteiger partial charge in [0.1, 0.15) is 11.4 Å². The zero-order chi connectivity index (χ0) is 18.7. The number of nitrogens with zero attached hydrogens (tertiary/aromatic N) is 3. The quantitative estimate of drug-likeness (QED) is 0.777. The maximum Gasteiger partial charge on any atom is 0.261 e. The van der Waals surface area contributed by atoms with Crippen molar-refractivity contribution in [1.82, 2.24) is 9.88 Å². The fourth-order valence-corrected chi connectivity index (χ4v) is 4.09. The van der Waals surface area contributed by atoms with E-state index >= 15 is 0 Å². The van der Waals surface area contributed by atoms with Crippen molar-refractivity contribution in [2.45, 2.75) is 31.4 Å². The molecule has 134 valence electrons. The molecule has 2 N–H and O–H groups in total. The molecule has 1 aromatic heterocycles. The number of halogens is 1. The molecule has 1 unspecified atom stereocenters. The van der Waals surface area contributed by atoms with Crippen LogP contribution in [0.1, 0.15) is 25.8 Å². The Morgan fingerprint density at radius 3 is 2.65 bits per heavy atom. The number of guanidine groups is 1. The Labute approximate surface area is 160 Å². The van der Waals surface area contributed by atoms with Crippen LogP contribution in [0.3, 0.4) is 0 Å². The summed E-state index contributed by atoms with van der Waals surface area (Å²) in [5.74, 6) is 0.762. The van der Waals surface area contributed by atoms with Crippen molar-refractivity contribution in [3.8, 4) is 16.9 Å². The number of hydrogen-bond acceptors (Lipinski definition) is 5. The average molecular weight is 415 g/mol. The van der Waals surface area contributed by atoms with E-state index in [1.54, 1.807) is 19.4 Å². The number of aliphatic imine (C=N–C) groups is 1. The third kappa shape index (κ3) is 2.49. The van der Waals surface area contributed by atoms with Crippen LogP contribution in [0.2, 0.25) is 0 Å². The van der Waals surface area contributed by atoms with Gasteiger partial charge < -0.3 is 10.5 Å². The molecule has 0 aliphatic carbocycles. The van der Waals surface area contributed by atoms with Gasteiger partial charge in [0.05, 0.1) is 0 Å². The number of aromatic nitrogens is 1. The number of nitrogens with two attached hydrogens (primary N) is 1. The number of carbonyl (C=O) groups is 1. The summed E-state index contributed by atoms with van der Waals surface area (Å²) in [6.07, 6.45) is 3.94. The standard InChI is InChI=1S/C19H19BrN4O2/c1-18(2)10-19(16(25)24(3)17(21)23-19)14-7-11(4-5-15(14)26-18)12-6-13(20)9-22-8-12/h4-9H,10H2,1-3H3,(H2,21,23). The lowest BCUT2D eigenvalue weighted by atomic mass is 9.77. The molecule has 1 spiro atoms. The SMILES string of the molecule is CN1C(=O)C2(CC(C)(C)Oc3ccc(-c4cncc(Br)c4)cc32)N=C1N. The van der Waals surface area contributed by atoms with Crippen LogP contribution in [-0.2, 0) is 10.3 Å². The Kier molecular flexibility index (Phi) is 3.63. The average Bonchev–Trinajstić information content (AvgIpc) is 2.78. The van der Waals surface area contributed by atoms with Gasteiger partial charge in [0.2, 0.25) is 0 Å². The van der Waals surface area contributed by atoms with Crippen molar-refractivity contribution in [2.24, 2.45) is 10.7 Å². The molecule has 4 rings (SSSR count). The maximum atomic E-state index is 13.1. The molecule has 0 fully saturated rings. The number of fused-ring (bicyclic) bond motifs is 2. The number of pyridine rings is 1. The largest absolute Gasteiger partial charge is 0.487 e. The van der Waals surface area contributed by atoms with Gasteiger partial charge >= 0.3 is 0 Å². The molecule has 1 aromatic carbocycles. The third-order valence-corrected chi connectivity index (χ3v) is 5.27. The van der Waals surface area contributed by atoms with Gasteiger partial charge in [-0.1, -0.05) is 6.07 Å². The lowest BCUT2D eigenvalue weighted by Crippen LogP contribution is -2.49. The highest BCUT2D eigenvalue weighted by molar-refractivity contribution is 9.10. The molecule has 2 aromatic rings. The van der Waals surface area contributed by atoms with Gasteiger partial charge in [-0.05, 0) is 53.5 Å². The van der Waals surface area contributed by atoms with Crippen LogP contribution in [0.15, 0.2) is 46.1 Å². The molecule has 0 saturated heterocycles. The summed E-state index contributed by atoms with van der Waals surface area (Å²) < 4.78 is 7.02. The zero-order valence-corrected chi connectivity index (χ0v) is 16.4. The highest BCUT2D eigenvalue weighted by Crippen LogP contribution is 2.49. The summed E-state index contributed by atoms with van der Waals surface area (Å²) in [5, 5.41) is 0. The van der Waals surface area contributed by atoms with E-state index < -0.39 is 11.1 Å². The lowest BCUT2D eigenvalue weighted by Gasteiger charge is -2.41. The number of amides is 1. The summed E-state index contributed by atoms with van der Waals surface area (Å²) in [6, 6.07) is 7.80. The predicted molar refractivity (Wildman–Crippen MR) is 103 cm³/mol. The van der Waals surface area contributed by atoms with E-state index in [-0.39, 0.29) is 11.9 Å². The topological polar surface area (TPSA) is 80.8 Å². The first-order valence-electron chi connectivity index (χ1n) is 8.30. The van der Waals surface area contributed by atoms with Gasteiger partial charge in [0, 0.05) is 41.5 Å². The van der Waals surface area contributed by atoms with Crippen LogP contribution < -0.4 is 10.5 Å². The highest BCUT2D eigenvalue weighted by atomic mass is 79.9. The first kappa shape index (κ1) is 17.0. The molecule has 2 aliphatic heterocycles. The van der Waals surface area contributed by atoms with Crippen molar-refractivity contribution in [3.63, 3.8) is 0 Å². The van der Waals surface area contributed by atoms with Crippen LogP contribution in [0.5, 0.6) is 5.75 Å². The molecule has 6 nitrogen and oxygen atoms in total. The van der Waals surface area contributed by atoms with Gasteiger partial charge in [-0.25, -0.2) is 4.99 Å². The van der Waals surface area contributed by atoms with Crippen LogP contribution >= 0.6 is 15.9 Å². The van der Waals surface area contributed by atoms with Gasteiger partial charge in [0.15, 0.2) is 11.5 Å². The maximum absolute atomic E-state index is 13.1. The summed E-state index contributed by atoms with van der Waals surface area (Å²) >= 11 is 3.45. The van der Waals surface area contributed by atoms with Crippen molar-refractivity contribution in [3.05, 3.63) is 46.7 Å². The van der Waals surface area contributed by atoms with Crippen LogP contribution in [0.25, 0.3) is 11.1 Å². The Morgan fingerprint density at radius 2 is 2.00 bits per heavy atom. The minimum atomic E-state index is -1.05.